The van der Waals surface area contributed by atoms with Gasteiger partial charge >= 0.3 is 0 Å². The molecule has 0 aliphatic carbocycles. The van der Waals surface area contributed by atoms with E-state index in [1.807, 2.05) is 0 Å². The molecule has 1 atom stereocenters. The van der Waals surface area contributed by atoms with Gasteiger partial charge in [-0.15, -0.1) is 0 Å². The Labute approximate surface area is 91.9 Å². The monoisotopic (exact) mass is 226 g/mol. The molecule has 1 aromatic heterocycles. The predicted octanol–water partition coefficient (Wildman–Crippen LogP) is 0.196. The number of rotatable bonds is 3. The normalized spacial score (nSPS) is 20.7. The molecule has 0 aromatic carbocycles. The van der Waals surface area contributed by atoms with E-state index in [2.05, 4.69) is 15.3 Å². The number of nitrogens with zero attached hydrogens (tertiary/aromatic N) is 1. The Bertz CT molecular complexity index is 386. The van der Waals surface area contributed by atoms with Gasteiger partial charge in [-0.3, -0.25) is 4.79 Å². The SMILES string of the molecule is Nc1cc(=O)[nH]c(SCC2CCCN2)n1. The lowest BCUT2D eigenvalue weighted by Gasteiger charge is -2.08. The molecule has 0 amide bonds. The maximum Gasteiger partial charge on any atom is 0.253 e. The Hall–Kier alpha value is -1.01. The molecule has 4 N–H and O–H groups in total. The highest BCUT2D eigenvalue weighted by Crippen LogP contribution is 2.17. The Morgan fingerprint density at radius 1 is 1.67 bits per heavy atom. The zero-order valence-electron chi connectivity index (χ0n) is 8.32. The van der Waals surface area contributed by atoms with Crippen molar-refractivity contribution in [2.75, 3.05) is 18.0 Å². The van der Waals surface area contributed by atoms with Crippen LogP contribution in [0.3, 0.4) is 0 Å². The van der Waals surface area contributed by atoms with Crippen LogP contribution in [0, 0.1) is 0 Å². The highest BCUT2D eigenvalue weighted by molar-refractivity contribution is 7.99. The minimum atomic E-state index is -0.190. The summed E-state index contributed by atoms with van der Waals surface area (Å²) in [6, 6.07) is 1.82. The molecule has 0 radical (unpaired) electrons. The molecular weight excluding hydrogens is 212 g/mol. The summed E-state index contributed by atoms with van der Waals surface area (Å²) >= 11 is 1.54. The number of aromatic amines is 1. The number of nitrogens with one attached hydrogen (secondary N) is 2. The molecule has 1 aromatic rings. The molecule has 15 heavy (non-hydrogen) atoms. The molecule has 1 unspecified atom stereocenters. The molecule has 0 saturated carbocycles. The van der Waals surface area contributed by atoms with Gasteiger partial charge in [0.1, 0.15) is 5.82 Å². The van der Waals surface area contributed by atoms with Crippen molar-refractivity contribution < 1.29 is 0 Å². The number of nitrogen functional groups attached to an aromatic ring is 1. The van der Waals surface area contributed by atoms with E-state index >= 15 is 0 Å². The molecule has 0 bridgehead atoms. The highest BCUT2D eigenvalue weighted by atomic mass is 32.2. The van der Waals surface area contributed by atoms with Gasteiger partial charge in [-0.05, 0) is 19.4 Å². The van der Waals surface area contributed by atoms with Crippen LogP contribution in [0.25, 0.3) is 0 Å². The van der Waals surface area contributed by atoms with Crippen LogP contribution in [0.15, 0.2) is 16.0 Å². The molecule has 82 valence electrons. The number of aromatic nitrogens is 2. The van der Waals surface area contributed by atoms with Crippen molar-refractivity contribution in [2.24, 2.45) is 0 Å². The lowest BCUT2D eigenvalue weighted by molar-refractivity contribution is 0.673. The third-order valence-electron chi connectivity index (χ3n) is 2.32. The van der Waals surface area contributed by atoms with Gasteiger partial charge in [0, 0.05) is 17.9 Å². The highest BCUT2D eigenvalue weighted by Gasteiger charge is 2.14. The van der Waals surface area contributed by atoms with Gasteiger partial charge in [-0.1, -0.05) is 11.8 Å². The average Bonchev–Trinajstić information content (AvgIpc) is 2.65. The maximum absolute atomic E-state index is 11.1. The van der Waals surface area contributed by atoms with Gasteiger partial charge in [0.25, 0.3) is 5.56 Å². The molecule has 2 heterocycles. The van der Waals surface area contributed by atoms with Crippen molar-refractivity contribution in [3.05, 3.63) is 16.4 Å². The van der Waals surface area contributed by atoms with E-state index in [-0.39, 0.29) is 11.4 Å². The Morgan fingerprint density at radius 2 is 2.53 bits per heavy atom. The van der Waals surface area contributed by atoms with Crippen LogP contribution in [-0.2, 0) is 0 Å². The second-order valence-corrected chi connectivity index (χ2v) is 4.59. The van der Waals surface area contributed by atoms with Gasteiger partial charge in [0.15, 0.2) is 5.16 Å². The minimum Gasteiger partial charge on any atom is -0.383 e. The lowest BCUT2D eigenvalue weighted by Crippen LogP contribution is -2.24. The van der Waals surface area contributed by atoms with Crippen LogP contribution in [0.1, 0.15) is 12.8 Å². The lowest BCUT2D eigenvalue weighted by atomic mass is 10.3. The molecule has 5 nitrogen and oxygen atoms in total. The van der Waals surface area contributed by atoms with E-state index in [4.69, 9.17) is 5.73 Å². The van der Waals surface area contributed by atoms with Crippen LogP contribution in [0.2, 0.25) is 0 Å². The van der Waals surface area contributed by atoms with Gasteiger partial charge < -0.3 is 16.0 Å². The number of hydrogen-bond acceptors (Lipinski definition) is 5. The van der Waals surface area contributed by atoms with Crippen LogP contribution in [0.5, 0.6) is 0 Å². The van der Waals surface area contributed by atoms with E-state index in [0.29, 0.717) is 11.2 Å². The number of hydrogen-bond donors (Lipinski definition) is 3. The Morgan fingerprint density at radius 3 is 3.20 bits per heavy atom. The third kappa shape index (κ3) is 2.97. The van der Waals surface area contributed by atoms with Crippen molar-refractivity contribution in [2.45, 2.75) is 24.0 Å². The summed E-state index contributed by atoms with van der Waals surface area (Å²) in [4.78, 5) is 17.8. The predicted molar refractivity (Wildman–Crippen MR) is 61.0 cm³/mol. The summed E-state index contributed by atoms with van der Waals surface area (Å²) in [6.45, 7) is 1.09. The first-order chi connectivity index (χ1) is 7.24. The van der Waals surface area contributed by atoms with Crippen molar-refractivity contribution in [1.29, 1.82) is 0 Å². The molecule has 0 spiro atoms. The number of H-pyrrole nitrogens is 1. The summed E-state index contributed by atoms with van der Waals surface area (Å²) in [6.07, 6.45) is 2.42. The number of thioether (sulfide) groups is 1. The summed E-state index contributed by atoms with van der Waals surface area (Å²) in [5.41, 5.74) is 5.29. The van der Waals surface area contributed by atoms with E-state index < -0.39 is 0 Å². The van der Waals surface area contributed by atoms with E-state index in [1.54, 1.807) is 0 Å². The second-order valence-electron chi connectivity index (χ2n) is 3.58. The van der Waals surface area contributed by atoms with Crippen molar-refractivity contribution in [3.63, 3.8) is 0 Å². The summed E-state index contributed by atoms with van der Waals surface area (Å²) in [5.74, 6) is 1.20. The summed E-state index contributed by atoms with van der Waals surface area (Å²) in [5, 5.41) is 3.99. The standard InChI is InChI=1S/C9H14N4OS/c10-7-4-8(14)13-9(12-7)15-5-6-2-1-3-11-6/h4,6,11H,1-3,5H2,(H3,10,12,13,14). The quantitative estimate of drug-likeness (QED) is 0.506. The van der Waals surface area contributed by atoms with Crippen molar-refractivity contribution in [3.8, 4) is 0 Å². The molecule has 1 saturated heterocycles. The molecule has 1 fully saturated rings. The number of anilines is 1. The van der Waals surface area contributed by atoms with Gasteiger partial charge in [0.05, 0.1) is 0 Å². The van der Waals surface area contributed by atoms with Crippen molar-refractivity contribution >= 4 is 17.6 Å². The largest absolute Gasteiger partial charge is 0.383 e. The fraction of sp³-hybridized carbons (Fsp3) is 0.556. The van der Waals surface area contributed by atoms with E-state index in [0.717, 1.165) is 12.3 Å². The van der Waals surface area contributed by atoms with Gasteiger partial charge in [-0.2, -0.15) is 0 Å². The Balaban J connectivity index is 1.95. The smallest absolute Gasteiger partial charge is 0.253 e. The molecule has 1 aliphatic rings. The summed E-state index contributed by atoms with van der Waals surface area (Å²) in [7, 11) is 0. The topological polar surface area (TPSA) is 83.8 Å². The first-order valence-corrected chi connectivity index (χ1v) is 5.95. The van der Waals surface area contributed by atoms with E-state index in [9.17, 15) is 4.79 Å². The third-order valence-corrected chi connectivity index (χ3v) is 3.36. The molecule has 6 heteroatoms. The Kier molecular flexibility index (Phi) is 3.27. The zero-order valence-corrected chi connectivity index (χ0v) is 9.14. The van der Waals surface area contributed by atoms with Gasteiger partial charge in [0.2, 0.25) is 0 Å². The van der Waals surface area contributed by atoms with Crippen molar-refractivity contribution in [1.82, 2.24) is 15.3 Å². The second kappa shape index (κ2) is 4.67. The molecular formula is C9H14N4OS. The first kappa shape index (κ1) is 10.5. The van der Waals surface area contributed by atoms with Crippen LogP contribution < -0.4 is 16.6 Å². The minimum absolute atomic E-state index is 0.190. The zero-order chi connectivity index (χ0) is 10.7. The first-order valence-electron chi connectivity index (χ1n) is 4.97. The van der Waals surface area contributed by atoms with Crippen LogP contribution in [-0.4, -0.2) is 28.3 Å². The molecule has 2 rings (SSSR count). The van der Waals surface area contributed by atoms with Gasteiger partial charge in [-0.25, -0.2) is 4.98 Å². The number of nitrogens with two attached hydrogens (primary N) is 1. The van der Waals surface area contributed by atoms with Crippen LogP contribution >= 0.6 is 11.8 Å². The molecule has 1 aliphatic heterocycles. The van der Waals surface area contributed by atoms with E-state index in [1.165, 1.54) is 30.7 Å². The van der Waals surface area contributed by atoms with Crippen LogP contribution in [0.4, 0.5) is 5.82 Å². The average molecular weight is 226 g/mol. The fourth-order valence-corrected chi connectivity index (χ4v) is 2.59. The maximum atomic E-state index is 11.1. The summed E-state index contributed by atoms with van der Waals surface area (Å²) < 4.78 is 0. The fourth-order valence-electron chi connectivity index (χ4n) is 1.60.